The van der Waals surface area contributed by atoms with Crippen LogP contribution in [-0.2, 0) is 24.6 Å². The average molecular weight is 404 g/mol. The molecule has 0 fully saturated rings. The molecule has 0 aliphatic carbocycles. The van der Waals surface area contributed by atoms with Crippen LogP contribution in [0.4, 0.5) is 4.39 Å². The van der Waals surface area contributed by atoms with Crippen LogP contribution in [0.2, 0.25) is 0 Å². The Labute approximate surface area is 131 Å². The maximum absolute atomic E-state index is 13.7. The van der Waals surface area contributed by atoms with Crippen LogP contribution in [0.1, 0.15) is 0 Å². The van der Waals surface area contributed by atoms with Gasteiger partial charge in [-0.05, 0) is 18.2 Å². The van der Waals surface area contributed by atoms with Crippen LogP contribution in [0.25, 0.3) is 0 Å². The smallest absolute Gasteiger partial charge is 0.243 e. The van der Waals surface area contributed by atoms with Gasteiger partial charge in [-0.1, -0.05) is 15.9 Å². The molecular formula is C11H15BrFNO5S2. The minimum absolute atomic E-state index is 0.0812. The maximum Gasteiger partial charge on any atom is 0.243 e. The monoisotopic (exact) mass is 403 g/mol. The van der Waals surface area contributed by atoms with Gasteiger partial charge in [0.25, 0.3) is 0 Å². The van der Waals surface area contributed by atoms with E-state index in [-0.39, 0.29) is 16.8 Å². The summed E-state index contributed by atoms with van der Waals surface area (Å²) in [6, 6.07) is 2.01. The summed E-state index contributed by atoms with van der Waals surface area (Å²) in [7, 11) is -6.45. The molecule has 0 saturated heterocycles. The number of nitrogens with one attached hydrogen (secondary N) is 1. The number of sulfone groups is 1. The first-order valence-electron chi connectivity index (χ1n) is 5.68. The number of hydrogen-bond acceptors (Lipinski definition) is 5. The van der Waals surface area contributed by atoms with Gasteiger partial charge in [-0.25, -0.2) is 25.9 Å². The highest BCUT2D eigenvalue weighted by atomic mass is 79.9. The number of benzene rings is 1. The van der Waals surface area contributed by atoms with E-state index in [1.165, 1.54) is 7.11 Å². The van der Waals surface area contributed by atoms with Gasteiger partial charge in [-0.2, -0.15) is 0 Å². The van der Waals surface area contributed by atoms with Gasteiger partial charge in [0.1, 0.15) is 10.7 Å². The Bertz CT molecular complexity index is 705. The third-order valence-corrected chi connectivity index (χ3v) is 5.92. The van der Waals surface area contributed by atoms with E-state index in [2.05, 4.69) is 20.7 Å². The topological polar surface area (TPSA) is 89.5 Å². The zero-order valence-electron chi connectivity index (χ0n) is 11.3. The highest BCUT2D eigenvalue weighted by molar-refractivity contribution is 9.09. The minimum Gasteiger partial charge on any atom is -0.383 e. The van der Waals surface area contributed by atoms with E-state index in [9.17, 15) is 21.2 Å². The van der Waals surface area contributed by atoms with Crippen LogP contribution in [-0.4, -0.2) is 48.2 Å². The molecule has 0 radical (unpaired) electrons. The van der Waals surface area contributed by atoms with Gasteiger partial charge in [0.15, 0.2) is 9.84 Å². The van der Waals surface area contributed by atoms with Crippen molar-refractivity contribution in [3.63, 3.8) is 0 Å². The number of hydrogen-bond donors (Lipinski definition) is 1. The molecular weight excluding hydrogens is 389 g/mol. The van der Waals surface area contributed by atoms with Crippen molar-refractivity contribution in [3.8, 4) is 0 Å². The molecule has 1 N–H and O–H groups in total. The Hall–Kier alpha value is -0.550. The lowest BCUT2D eigenvalue weighted by molar-refractivity contribution is 0.182. The van der Waals surface area contributed by atoms with Crippen molar-refractivity contribution >= 4 is 35.8 Å². The predicted molar refractivity (Wildman–Crippen MR) is 79.3 cm³/mol. The largest absolute Gasteiger partial charge is 0.383 e. The Balaban J connectivity index is 3.25. The van der Waals surface area contributed by atoms with Gasteiger partial charge in [-0.15, -0.1) is 0 Å². The van der Waals surface area contributed by atoms with E-state index < -0.39 is 36.6 Å². The second-order valence-corrected chi connectivity index (χ2v) is 8.64. The zero-order chi connectivity index (χ0) is 16.3. The number of rotatable bonds is 7. The lowest BCUT2D eigenvalue weighted by Crippen LogP contribution is -2.39. The highest BCUT2D eigenvalue weighted by Crippen LogP contribution is 2.20. The van der Waals surface area contributed by atoms with E-state index in [4.69, 9.17) is 4.74 Å². The summed E-state index contributed by atoms with van der Waals surface area (Å²) in [6.45, 7) is 0.0812. The minimum atomic E-state index is -4.21. The van der Waals surface area contributed by atoms with Crippen LogP contribution in [0.5, 0.6) is 0 Å². The molecule has 1 aromatic carbocycles. The molecule has 0 heterocycles. The van der Waals surface area contributed by atoms with Gasteiger partial charge in [0.2, 0.25) is 10.0 Å². The summed E-state index contributed by atoms with van der Waals surface area (Å²) in [5, 5.41) is 0.257. The molecule has 0 aromatic heterocycles. The van der Waals surface area contributed by atoms with Crippen molar-refractivity contribution < 1.29 is 26.0 Å². The molecule has 0 bridgehead atoms. The second kappa shape index (κ2) is 7.14. The molecule has 10 heteroatoms. The average Bonchev–Trinajstić information content (AvgIpc) is 2.36. The van der Waals surface area contributed by atoms with Crippen molar-refractivity contribution in [2.45, 2.75) is 15.8 Å². The maximum atomic E-state index is 13.7. The lowest BCUT2D eigenvalue weighted by atomic mass is 10.3. The van der Waals surface area contributed by atoms with Crippen LogP contribution in [0, 0.1) is 5.82 Å². The molecule has 1 unspecified atom stereocenters. The van der Waals surface area contributed by atoms with Crippen LogP contribution < -0.4 is 4.72 Å². The summed E-state index contributed by atoms with van der Waals surface area (Å²) >= 11 is 3.11. The zero-order valence-corrected chi connectivity index (χ0v) is 14.6. The SMILES string of the molecule is COCC(CBr)NS(=O)(=O)c1cc(S(C)(=O)=O)ccc1F. The third-order valence-electron chi connectivity index (χ3n) is 2.50. The highest BCUT2D eigenvalue weighted by Gasteiger charge is 2.24. The van der Waals surface area contributed by atoms with Crippen molar-refractivity contribution in [2.75, 3.05) is 25.3 Å². The van der Waals surface area contributed by atoms with Crippen molar-refractivity contribution in [1.29, 1.82) is 0 Å². The molecule has 120 valence electrons. The molecule has 1 aromatic rings. The van der Waals surface area contributed by atoms with Gasteiger partial charge < -0.3 is 4.74 Å². The summed E-state index contributed by atoms with van der Waals surface area (Å²) < 4.78 is 68.0. The number of alkyl halides is 1. The molecule has 0 saturated carbocycles. The first-order valence-corrected chi connectivity index (χ1v) is 10.2. The molecule has 6 nitrogen and oxygen atoms in total. The fourth-order valence-electron chi connectivity index (χ4n) is 1.51. The van der Waals surface area contributed by atoms with E-state index in [0.29, 0.717) is 0 Å². The Morgan fingerprint density at radius 1 is 1.33 bits per heavy atom. The summed E-state index contributed by atoms with van der Waals surface area (Å²) in [6.07, 6.45) is 0.913. The molecule has 0 amide bonds. The Kier molecular flexibility index (Phi) is 6.29. The second-order valence-electron chi connectivity index (χ2n) is 4.29. The quantitative estimate of drug-likeness (QED) is 0.539. The van der Waals surface area contributed by atoms with Crippen LogP contribution in [0.3, 0.4) is 0 Å². The summed E-state index contributed by atoms with van der Waals surface area (Å²) in [5.41, 5.74) is 0. The molecule has 0 aliphatic heterocycles. The number of methoxy groups -OCH3 is 1. The van der Waals surface area contributed by atoms with E-state index in [1.54, 1.807) is 0 Å². The van der Waals surface area contributed by atoms with Crippen LogP contribution in [0.15, 0.2) is 28.0 Å². The first-order chi connectivity index (χ1) is 9.61. The molecule has 21 heavy (non-hydrogen) atoms. The lowest BCUT2D eigenvalue weighted by Gasteiger charge is -2.16. The van der Waals surface area contributed by atoms with Gasteiger partial charge >= 0.3 is 0 Å². The van der Waals surface area contributed by atoms with Gasteiger partial charge in [0.05, 0.1) is 17.5 Å². The van der Waals surface area contributed by atoms with Gasteiger partial charge in [-0.3, -0.25) is 0 Å². The molecule has 1 rings (SSSR count). The van der Waals surface area contributed by atoms with Crippen molar-refractivity contribution in [1.82, 2.24) is 4.72 Å². The van der Waals surface area contributed by atoms with Crippen LogP contribution >= 0.6 is 15.9 Å². The molecule has 1 atom stereocenters. The number of sulfonamides is 1. The third kappa shape index (κ3) is 4.99. The van der Waals surface area contributed by atoms with E-state index >= 15 is 0 Å². The normalized spacial score (nSPS) is 14.1. The van der Waals surface area contributed by atoms with E-state index in [1.807, 2.05) is 0 Å². The number of halogens is 2. The van der Waals surface area contributed by atoms with Crippen molar-refractivity contribution in [3.05, 3.63) is 24.0 Å². The Morgan fingerprint density at radius 3 is 2.43 bits per heavy atom. The fraction of sp³-hybridized carbons (Fsp3) is 0.455. The summed E-state index contributed by atoms with van der Waals surface area (Å²) in [5.74, 6) is -1.03. The number of ether oxygens (including phenoxy) is 1. The molecule has 0 spiro atoms. The molecule has 0 aliphatic rings. The predicted octanol–water partition coefficient (Wildman–Crippen LogP) is 0.917. The van der Waals surface area contributed by atoms with Gasteiger partial charge in [0, 0.05) is 18.7 Å². The first kappa shape index (κ1) is 18.5. The van der Waals surface area contributed by atoms with Crippen molar-refractivity contribution in [2.24, 2.45) is 0 Å². The van der Waals surface area contributed by atoms with E-state index in [0.717, 1.165) is 24.5 Å². The summed E-state index contributed by atoms with van der Waals surface area (Å²) in [4.78, 5) is -0.987. The Morgan fingerprint density at radius 2 is 1.95 bits per heavy atom. The fourth-order valence-corrected chi connectivity index (χ4v) is 4.12. The standard InChI is InChI=1S/C11H15BrFNO5S2/c1-19-7-8(6-12)14-21(17,18)11-5-9(20(2,15)16)3-4-10(11)13/h3-5,8,14H,6-7H2,1-2H3.